The van der Waals surface area contributed by atoms with Crippen LogP contribution in [0, 0.1) is 0 Å². The second-order valence-corrected chi connectivity index (χ2v) is 6.76. The Hall–Kier alpha value is -1.64. The third-order valence-electron chi connectivity index (χ3n) is 4.41. The minimum atomic E-state index is -0.470. The lowest BCUT2D eigenvalue weighted by atomic mass is 9.99. The fourth-order valence-corrected chi connectivity index (χ4v) is 3.31. The van der Waals surface area contributed by atoms with Gasteiger partial charge in [0.25, 0.3) is 0 Å². The fraction of sp³-hybridized carbons (Fsp3) is 0.429. The molecule has 23 heavy (non-hydrogen) atoms. The van der Waals surface area contributed by atoms with E-state index in [1.165, 1.54) is 11.1 Å². The summed E-state index contributed by atoms with van der Waals surface area (Å²) in [6, 6.07) is 21.2. The Kier molecular flexibility index (Phi) is 5.14. The average Bonchev–Trinajstić information content (AvgIpc) is 2.87. The van der Waals surface area contributed by atoms with Gasteiger partial charge < -0.3 is 9.47 Å². The van der Waals surface area contributed by atoms with Gasteiger partial charge in [-0.15, -0.1) is 0 Å². The number of rotatable bonds is 6. The van der Waals surface area contributed by atoms with E-state index in [0.29, 0.717) is 0 Å². The molecule has 1 saturated heterocycles. The maximum Gasteiger partial charge on any atom is 0.163 e. The zero-order chi connectivity index (χ0) is 16.1. The van der Waals surface area contributed by atoms with Gasteiger partial charge in [-0.3, -0.25) is 0 Å². The van der Waals surface area contributed by atoms with Crippen LogP contribution in [0.2, 0.25) is 0 Å². The highest BCUT2D eigenvalue weighted by Crippen LogP contribution is 2.33. The lowest BCUT2D eigenvalue weighted by molar-refractivity contribution is -0.147. The number of aryl methyl sites for hydroxylation is 2. The standard InChI is InChI=1S/C21H26O2/c1-21(2)22-19(15-13-17-9-5-3-6-10-17)20(23-21)16-14-18-11-7-4-8-12-18/h3-12,19-20H,13-16H2,1-2H3/t19-,20+. The van der Waals surface area contributed by atoms with Crippen LogP contribution in [0.4, 0.5) is 0 Å². The van der Waals surface area contributed by atoms with E-state index in [-0.39, 0.29) is 12.2 Å². The molecule has 0 N–H and O–H groups in total. The van der Waals surface area contributed by atoms with Crippen LogP contribution in [-0.2, 0) is 22.3 Å². The molecule has 0 bridgehead atoms. The summed E-state index contributed by atoms with van der Waals surface area (Å²) >= 11 is 0. The first-order chi connectivity index (χ1) is 11.1. The highest BCUT2D eigenvalue weighted by molar-refractivity contribution is 5.16. The Labute approximate surface area is 139 Å². The predicted molar refractivity (Wildman–Crippen MR) is 93.4 cm³/mol. The Morgan fingerprint density at radius 1 is 0.696 bits per heavy atom. The van der Waals surface area contributed by atoms with Crippen LogP contribution in [0.1, 0.15) is 37.8 Å². The van der Waals surface area contributed by atoms with Crippen molar-refractivity contribution in [2.24, 2.45) is 0 Å². The van der Waals surface area contributed by atoms with Crippen molar-refractivity contribution in [1.29, 1.82) is 0 Å². The molecule has 0 amide bonds. The second-order valence-electron chi connectivity index (χ2n) is 6.76. The molecule has 2 atom stereocenters. The number of hydrogen-bond acceptors (Lipinski definition) is 2. The van der Waals surface area contributed by atoms with Gasteiger partial charge in [-0.05, 0) is 50.7 Å². The molecule has 1 heterocycles. The molecule has 2 nitrogen and oxygen atoms in total. The topological polar surface area (TPSA) is 18.5 Å². The molecule has 3 rings (SSSR count). The highest BCUT2D eigenvalue weighted by Gasteiger charge is 2.40. The molecular weight excluding hydrogens is 284 g/mol. The van der Waals surface area contributed by atoms with E-state index in [9.17, 15) is 0 Å². The Morgan fingerprint density at radius 3 is 1.48 bits per heavy atom. The van der Waals surface area contributed by atoms with Gasteiger partial charge in [-0.2, -0.15) is 0 Å². The highest BCUT2D eigenvalue weighted by atomic mass is 16.7. The molecule has 0 radical (unpaired) electrons. The van der Waals surface area contributed by atoms with E-state index in [2.05, 4.69) is 60.7 Å². The van der Waals surface area contributed by atoms with E-state index >= 15 is 0 Å². The molecule has 0 saturated carbocycles. The summed E-state index contributed by atoms with van der Waals surface area (Å²) < 4.78 is 12.3. The van der Waals surface area contributed by atoms with E-state index in [4.69, 9.17) is 9.47 Å². The Morgan fingerprint density at radius 2 is 1.09 bits per heavy atom. The smallest absolute Gasteiger partial charge is 0.163 e. The van der Waals surface area contributed by atoms with E-state index < -0.39 is 5.79 Å². The first-order valence-electron chi connectivity index (χ1n) is 8.56. The number of ether oxygens (including phenoxy) is 2. The van der Waals surface area contributed by atoms with Crippen molar-refractivity contribution >= 4 is 0 Å². The molecule has 122 valence electrons. The van der Waals surface area contributed by atoms with Gasteiger partial charge in [-0.1, -0.05) is 60.7 Å². The molecular formula is C21H26O2. The zero-order valence-corrected chi connectivity index (χ0v) is 14.1. The first-order valence-corrected chi connectivity index (χ1v) is 8.56. The Balaban J connectivity index is 1.58. The Bertz CT molecular complexity index is 538. The molecule has 2 aromatic rings. The van der Waals surface area contributed by atoms with Crippen molar-refractivity contribution < 1.29 is 9.47 Å². The minimum Gasteiger partial charge on any atom is -0.345 e. The number of benzene rings is 2. The molecule has 1 fully saturated rings. The maximum atomic E-state index is 6.15. The minimum absolute atomic E-state index is 0.175. The summed E-state index contributed by atoms with van der Waals surface area (Å²) in [5.74, 6) is -0.470. The van der Waals surface area contributed by atoms with Gasteiger partial charge in [0.1, 0.15) is 0 Å². The van der Waals surface area contributed by atoms with Gasteiger partial charge in [0.15, 0.2) is 5.79 Å². The van der Waals surface area contributed by atoms with Crippen molar-refractivity contribution in [2.45, 2.75) is 57.5 Å². The van der Waals surface area contributed by atoms with Crippen molar-refractivity contribution in [1.82, 2.24) is 0 Å². The predicted octanol–water partition coefficient (Wildman–Crippen LogP) is 4.77. The lowest BCUT2D eigenvalue weighted by Gasteiger charge is -2.16. The number of hydrogen-bond donors (Lipinski definition) is 0. The summed E-state index contributed by atoms with van der Waals surface area (Å²) in [6.07, 6.45) is 4.43. The van der Waals surface area contributed by atoms with Crippen LogP contribution in [0.5, 0.6) is 0 Å². The van der Waals surface area contributed by atoms with Crippen molar-refractivity contribution in [3.05, 3.63) is 71.8 Å². The summed E-state index contributed by atoms with van der Waals surface area (Å²) in [4.78, 5) is 0. The molecule has 2 heteroatoms. The molecule has 0 aromatic heterocycles. The quantitative estimate of drug-likeness (QED) is 0.765. The summed E-state index contributed by atoms with van der Waals surface area (Å²) in [5, 5.41) is 0. The average molecular weight is 310 g/mol. The van der Waals surface area contributed by atoms with E-state index in [1.807, 2.05) is 13.8 Å². The largest absolute Gasteiger partial charge is 0.345 e. The molecule has 0 aliphatic carbocycles. The van der Waals surface area contributed by atoms with Gasteiger partial charge in [0.05, 0.1) is 12.2 Å². The van der Waals surface area contributed by atoms with E-state index in [1.54, 1.807) is 0 Å². The summed E-state index contributed by atoms with van der Waals surface area (Å²) in [6.45, 7) is 4.04. The first kappa shape index (κ1) is 16.2. The van der Waals surface area contributed by atoms with Gasteiger partial charge in [0, 0.05) is 0 Å². The van der Waals surface area contributed by atoms with Crippen molar-refractivity contribution in [2.75, 3.05) is 0 Å². The van der Waals surface area contributed by atoms with Crippen LogP contribution in [0.25, 0.3) is 0 Å². The third kappa shape index (κ3) is 4.66. The van der Waals surface area contributed by atoms with Crippen LogP contribution in [-0.4, -0.2) is 18.0 Å². The summed E-state index contributed by atoms with van der Waals surface area (Å²) in [7, 11) is 0. The monoisotopic (exact) mass is 310 g/mol. The van der Waals surface area contributed by atoms with Crippen LogP contribution >= 0.6 is 0 Å². The third-order valence-corrected chi connectivity index (χ3v) is 4.41. The molecule has 2 aromatic carbocycles. The normalized spacial score (nSPS) is 23.0. The van der Waals surface area contributed by atoms with Crippen molar-refractivity contribution in [3.63, 3.8) is 0 Å². The van der Waals surface area contributed by atoms with Crippen LogP contribution < -0.4 is 0 Å². The van der Waals surface area contributed by atoms with E-state index in [0.717, 1.165) is 25.7 Å². The van der Waals surface area contributed by atoms with Gasteiger partial charge in [-0.25, -0.2) is 0 Å². The maximum absolute atomic E-state index is 6.15. The fourth-order valence-electron chi connectivity index (χ4n) is 3.31. The molecule has 0 unspecified atom stereocenters. The molecule has 1 aliphatic heterocycles. The van der Waals surface area contributed by atoms with Crippen molar-refractivity contribution in [3.8, 4) is 0 Å². The molecule has 0 spiro atoms. The lowest BCUT2D eigenvalue weighted by Crippen LogP contribution is -2.23. The van der Waals surface area contributed by atoms with Gasteiger partial charge in [0.2, 0.25) is 0 Å². The van der Waals surface area contributed by atoms with Crippen LogP contribution in [0.3, 0.4) is 0 Å². The molecule has 1 aliphatic rings. The van der Waals surface area contributed by atoms with Crippen LogP contribution in [0.15, 0.2) is 60.7 Å². The summed E-state index contributed by atoms with van der Waals surface area (Å²) in [5.41, 5.74) is 2.73. The SMILES string of the molecule is CC1(C)O[C@@H](CCc2ccccc2)[C@@H](CCc2ccccc2)O1. The second kappa shape index (κ2) is 7.29. The zero-order valence-electron chi connectivity index (χ0n) is 14.1. The van der Waals surface area contributed by atoms with Gasteiger partial charge >= 0.3 is 0 Å².